The first-order chi connectivity index (χ1) is 9.10. The standard InChI is InChI=1S/C13H15ClN4O/c1-9-15-12(17-16-9)8-18(2)13(19)11-5-3-4-10(6-11)7-14/h3-6H,7-8H2,1-2H3,(H,15,16,17). The fourth-order valence-corrected chi connectivity index (χ4v) is 1.92. The Morgan fingerprint density at radius 3 is 2.89 bits per heavy atom. The molecule has 1 aromatic carbocycles. The van der Waals surface area contributed by atoms with Gasteiger partial charge < -0.3 is 4.90 Å². The van der Waals surface area contributed by atoms with Gasteiger partial charge in [0.15, 0.2) is 5.82 Å². The maximum absolute atomic E-state index is 12.2. The molecule has 100 valence electrons. The van der Waals surface area contributed by atoms with Gasteiger partial charge in [-0.3, -0.25) is 9.89 Å². The van der Waals surface area contributed by atoms with Crippen LogP contribution >= 0.6 is 11.6 Å². The Balaban J connectivity index is 2.09. The van der Waals surface area contributed by atoms with Crippen molar-refractivity contribution in [2.45, 2.75) is 19.3 Å². The molecule has 1 heterocycles. The minimum atomic E-state index is -0.0746. The zero-order valence-corrected chi connectivity index (χ0v) is 11.6. The number of carbonyl (C=O) groups is 1. The van der Waals surface area contributed by atoms with Gasteiger partial charge in [-0.1, -0.05) is 12.1 Å². The maximum atomic E-state index is 12.2. The number of hydrogen-bond donors (Lipinski definition) is 1. The van der Waals surface area contributed by atoms with Crippen molar-refractivity contribution in [2.24, 2.45) is 0 Å². The summed E-state index contributed by atoms with van der Waals surface area (Å²) in [5, 5.41) is 6.77. The number of rotatable bonds is 4. The lowest BCUT2D eigenvalue weighted by Gasteiger charge is -2.15. The SMILES string of the molecule is Cc1nc(CN(C)C(=O)c2cccc(CCl)c2)n[nH]1. The van der Waals surface area contributed by atoms with Gasteiger partial charge in [0.1, 0.15) is 5.82 Å². The molecule has 2 rings (SSSR count). The lowest BCUT2D eigenvalue weighted by atomic mass is 10.1. The summed E-state index contributed by atoms with van der Waals surface area (Å²) in [6.45, 7) is 2.19. The van der Waals surface area contributed by atoms with Crippen molar-refractivity contribution in [1.29, 1.82) is 0 Å². The Hall–Kier alpha value is -1.88. The fourth-order valence-electron chi connectivity index (χ4n) is 1.75. The van der Waals surface area contributed by atoms with Crippen LogP contribution in [-0.2, 0) is 12.4 Å². The number of aryl methyl sites for hydroxylation is 1. The van der Waals surface area contributed by atoms with E-state index in [1.54, 1.807) is 24.1 Å². The summed E-state index contributed by atoms with van der Waals surface area (Å²) < 4.78 is 0. The third-order valence-corrected chi connectivity index (χ3v) is 3.01. The van der Waals surface area contributed by atoms with Crippen LogP contribution in [0.3, 0.4) is 0 Å². The first kappa shape index (κ1) is 13.5. The van der Waals surface area contributed by atoms with E-state index in [-0.39, 0.29) is 5.91 Å². The lowest BCUT2D eigenvalue weighted by molar-refractivity contribution is 0.0781. The van der Waals surface area contributed by atoms with Gasteiger partial charge in [-0.25, -0.2) is 4.98 Å². The molecule has 0 unspecified atom stereocenters. The summed E-state index contributed by atoms with van der Waals surface area (Å²) in [6, 6.07) is 7.30. The summed E-state index contributed by atoms with van der Waals surface area (Å²) in [5.74, 6) is 1.65. The molecule has 0 fully saturated rings. The molecule has 0 radical (unpaired) electrons. The molecule has 0 aliphatic rings. The average molecular weight is 279 g/mol. The maximum Gasteiger partial charge on any atom is 0.254 e. The first-order valence-electron chi connectivity index (χ1n) is 5.88. The van der Waals surface area contributed by atoms with Crippen LogP contribution in [0.2, 0.25) is 0 Å². The highest BCUT2D eigenvalue weighted by Crippen LogP contribution is 2.11. The van der Waals surface area contributed by atoms with Crippen molar-refractivity contribution < 1.29 is 4.79 Å². The van der Waals surface area contributed by atoms with Crippen LogP contribution in [-0.4, -0.2) is 33.0 Å². The number of H-pyrrole nitrogens is 1. The number of carbonyl (C=O) groups excluding carboxylic acids is 1. The number of nitrogens with one attached hydrogen (secondary N) is 1. The zero-order valence-electron chi connectivity index (χ0n) is 10.9. The van der Waals surface area contributed by atoms with Crippen molar-refractivity contribution in [3.63, 3.8) is 0 Å². The topological polar surface area (TPSA) is 61.9 Å². The number of hydrogen-bond acceptors (Lipinski definition) is 3. The molecule has 6 heteroatoms. The molecule has 0 atom stereocenters. The Morgan fingerprint density at radius 2 is 2.26 bits per heavy atom. The summed E-state index contributed by atoms with van der Waals surface area (Å²) >= 11 is 5.77. The minimum absolute atomic E-state index is 0.0746. The van der Waals surface area contributed by atoms with E-state index in [2.05, 4.69) is 15.2 Å². The molecule has 1 amide bonds. The van der Waals surface area contributed by atoms with Crippen LogP contribution in [0.4, 0.5) is 0 Å². The Bertz CT molecular complexity index is 582. The molecule has 0 aliphatic heterocycles. The van der Waals surface area contributed by atoms with Gasteiger partial charge in [-0.15, -0.1) is 11.6 Å². The summed E-state index contributed by atoms with van der Waals surface area (Å²) in [4.78, 5) is 18.0. The predicted molar refractivity (Wildman–Crippen MR) is 72.9 cm³/mol. The number of amides is 1. The van der Waals surface area contributed by atoms with Crippen LogP contribution < -0.4 is 0 Å². The molecule has 1 N–H and O–H groups in total. The molecule has 0 bridgehead atoms. The highest BCUT2D eigenvalue weighted by atomic mass is 35.5. The van der Waals surface area contributed by atoms with E-state index in [1.165, 1.54) is 0 Å². The third kappa shape index (κ3) is 3.32. The number of alkyl halides is 1. The van der Waals surface area contributed by atoms with E-state index in [9.17, 15) is 4.79 Å². The summed E-state index contributed by atoms with van der Waals surface area (Å²) in [6.07, 6.45) is 0. The van der Waals surface area contributed by atoms with E-state index >= 15 is 0 Å². The number of halogens is 1. The van der Waals surface area contributed by atoms with Crippen LogP contribution in [0.5, 0.6) is 0 Å². The summed E-state index contributed by atoms with van der Waals surface area (Å²) in [5.41, 5.74) is 1.54. The fraction of sp³-hybridized carbons (Fsp3) is 0.308. The number of aromatic amines is 1. The number of benzene rings is 1. The van der Waals surface area contributed by atoms with E-state index in [1.807, 2.05) is 19.1 Å². The molecule has 0 aliphatic carbocycles. The van der Waals surface area contributed by atoms with E-state index in [4.69, 9.17) is 11.6 Å². The van der Waals surface area contributed by atoms with Gasteiger partial charge in [0.25, 0.3) is 5.91 Å². The molecule has 19 heavy (non-hydrogen) atoms. The average Bonchev–Trinajstić information content (AvgIpc) is 2.83. The summed E-state index contributed by atoms with van der Waals surface area (Å²) in [7, 11) is 1.72. The number of aromatic nitrogens is 3. The Morgan fingerprint density at radius 1 is 1.47 bits per heavy atom. The second-order valence-corrected chi connectivity index (χ2v) is 4.60. The zero-order chi connectivity index (χ0) is 13.8. The smallest absolute Gasteiger partial charge is 0.254 e. The molecule has 1 aromatic heterocycles. The molecule has 5 nitrogen and oxygen atoms in total. The second-order valence-electron chi connectivity index (χ2n) is 4.33. The van der Waals surface area contributed by atoms with Gasteiger partial charge in [-0.2, -0.15) is 5.10 Å². The quantitative estimate of drug-likeness (QED) is 0.872. The van der Waals surface area contributed by atoms with Crippen LogP contribution in [0, 0.1) is 6.92 Å². The monoisotopic (exact) mass is 278 g/mol. The highest BCUT2D eigenvalue weighted by molar-refractivity contribution is 6.17. The second kappa shape index (κ2) is 5.84. The van der Waals surface area contributed by atoms with Gasteiger partial charge in [0.2, 0.25) is 0 Å². The molecular formula is C13H15ClN4O. The van der Waals surface area contributed by atoms with Crippen molar-refractivity contribution >= 4 is 17.5 Å². The van der Waals surface area contributed by atoms with E-state index < -0.39 is 0 Å². The molecular weight excluding hydrogens is 264 g/mol. The van der Waals surface area contributed by atoms with Gasteiger partial charge in [0, 0.05) is 18.5 Å². The molecule has 0 saturated carbocycles. The van der Waals surface area contributed by atoms with Crippen molar-refractivity contribution in [3.05, 3.63) is 47.0 Å². The van der Waals surface area contributed by atoms with Crippen molar-refractivity contribution in [3.8, 4) is 0 Å². The van der Waals surface area contributed by atoms with E-state index in [0.29, 0.717) is 23.8 Å². The van der Waals surface area contributed by atoms with Crippen molar-refractivity contribution in [2.75, 3.05) is 7.05 Å². The lowest BCUT2D eigenvalue weighted by Crippen LogP contribution is -2.26. The molecule has 0 spiro atoms. The predicted octanol–water partition coefficient (Wildman–Crippen LogP) is 2.12. The van der Waals surface area contributed by atoms with Crippen LogP contribution in [0.15, 0.2) is 24.3 Å². The molecule has 2 aromatic rings. The first-order valence-corrected chi connectivity index (χ1v) is 6.42. The third-order valence-electron chi connectivity index (χ3n) is 2.70. The number of nitrogens with zero attached hydrogens (tertiary/aromatic N) is 3. The van der Waals surface area contributed by atoms with Gasteiger partial charge >= 0.3 is 0 Å². The van der Waals surface area contributed by atoms with Gasteiger partial charge in [0.05, 0.1) is 6.54 Å². The largest absolute Gasteiger partial charge is 0.334 e. The normalized spacial score (nSPS) is 10.5. The van der Waals surface area contributed by atoms with E-state index in [0.717, 1.165) is 11.4 Å². The van der Waals surface area contributed by atoms with Crippen LogP contribution in [0.1, 0.15) is 27.6 Å². The van der Waals surface area contributed by atoms with Crippen molar-refractivity contribution in [1.82, 2.24) is 20.1 Å². The molecule has 0 saturated heterocycles. The Labute approximate surface area is 116 Å². The van der Waals surface area contributed by atoms with Crippen LogP contribution in [0.25, 0.3) is 0 Å². The highest BCUT2D eigenvalue weighted by Gasteiger charge is 2.14. The minimum Gasteiger partial charge on any atom is -0.334 e. The Kier molecular flexibility index (Phi) is 4.16. The van der Waals surface area contributed by atoms with Gasteiger partial charge in [-0.05, 0) is 24.6 Å².